The smallest absolute Gasteiger partial charge is 0.293 e. The number of rotatable bonds is 3. The third kappa shape index (κ3) is 3.23. The minimum atomic E-state index is -0.0518. The first-order valence-electron chi connectivity index (χ1n) is 9.24. The monoisotopic (exact) mass is 355 g/mol. The van der Waals surface area contributed by atoms with Gasteiger partial charge in [0, 0.05) is 70.5 Å². The highest BCUT2D eigenvalue weighted by molar-refractivity contribution is 5.48. The Morgan fingerprint density at radius 2 is 1.62 bits per heavy atom. The van der Waals surface area contributed by atoms with E-state index in [1.807, 2.05) is 6.92 Å². The molecule has 0 atom stereocenters. The highest BCUT2D eigenvalue weighted by atomic mass is 16.1. The van der Waals surface area contributed by atoms with Crippen LogP contribution in [-0.2, 0) is 7.05 Å². The summed E-state index contributed by atoms with van der Waals surface area (Å²) in [6, 6.07) is 2.07. The van der Waals surface area contributed by atoms with E-state index in [1.165, 1.54) is 12.8 Å². The predicted molar refractivity (Wildman–Crippen MR) is 102 cm³/mol. The van der Waals surface area contributed by atoms with Gasteiger partial charge in [-0.2, -0.15) is 4.98 Å². The standard InChI is InChI=1S/C18H25N7O/c1-14-13-15(23-6-3-4-7-23)21-18(20-14)25-11-9-24(10-12-25)16-17(26)22(2)8-5-19-16/h5,8,13H,3-4,6-7,9-12H2,1-2H3. The lowest BCUT2D eigenvalue weighted by Crippen LogP contribution is -2.49. The van der Waals surface area contributed by atoms with Crippen molar-refractivity contribution < 1.29 is 0 Å². The Hall–Kier alpha value is -2.64. The number of nitrogens with zero attached hydrogens (tertiary/aromatic N) is 7. The second-order valence-electron chi connectivity index (χ2n) is 7.00. The fourth-order valence-electron chi connectivity index (χ4n) is 3.61. The van der Waals surface area contributed by atoms with Crippen molar-refractivity contribution in [1.82, 2.24) is 19.5 Å². The van der Waals surface area contributed by atoms with Gasteiger partial charge in [0.1, 0.15) is 5.82 Å². The third-order valence-electron chi connectivity index (χ3n) is 5.12. The summed E-state index contributed by atoms with van der Waals surface area (Å²) in [6.45, 7) is 7.22. The number of hydrogen-bond donors (Lipinski definition) is 0. The van der Waals surface area contributed by atoms with Crippen LogP contribution in [-0.4, -0.2) is 58.8 Å². The first-order valence-corrected chi connectivity index (χ1v) is 9.24. The van der Waals surface area contributed by atoms with Crippen LogP contribution < -0.4 is 20.3 Å². The van der Waals surface area contributed by atoms with Gasteiger partial charge in [0.2, 0.25) is 5.95 Å². The van der Waals surface area contributed by atoms with E-state index in [9.17, 15) is 4.79 Å². The van der Waals surface area contributed by atoms with Crippen LogP contribution in [0.1, 0.15) is 18.5 Å². The summed E-state index contributed by atoms with van der Waals surface area (Å²) < 4.78 is 1.57. The number of hydrogen-bond acceptors (Lipinski definition) is 7. The summed E-state index contributed by atoms with van der Waals surface area (Å²) in [5.41, 5.74) is 0.946. The second-order valence-corrected chi connectivity index (χ2v) is 7.00. The van der Waals surface area contributed by atoms with Gasteiger partial charge in [0.25, 0.3) is 5.56 Å². The van der Waals surface area contributed by atoms with E-state index in [2.05, 4.69) is 30.7 Å². The summed E-state index contributed by atoms with van der Waals surface area (Å²) in [7, 11) is 1.75. The molecule has 0 aliphatic carbocycles. The lowest BCUT2D eigenvalue weighted by molar-refractivity contribution is 0.626. The summed E-state index contributed by atoms with van der Waals surface area (Å²) >= 11 is 0. The van der Waals surface area contributed by atoms with Crippen molar-refractivity contribution >= 4 is 17.6 Å². The van der Waals surface area contributed by atoms with E-state index in [4.69, 9.17) is 4.98 Å². The van der Waals surface area contributed by atoms with Crippen molar-refractivity contribution in [1.29, 1.82) is 0 Å². The molecule has 0 saturated carbocycles. The summed E-state index contributed by atoms with van der Waals surface area (Å²) in [6.07, 6.45) is 5.82. The largest absolute Gasteiger partial charge is 0.356 e. The van der Waals surface area contributed by atoms with Gasteiger partial charge in [0.15, 0.2) is 5.82 Å². The van der Waals surface area contributed by atoms with E-state index in [1.54, 1.807) is 24.0 Å². The molecule has 0 aromatic carbocycles. The molecule has 0 spiro atoms. The van der Waals surface area contributed by atoms with E-state index in [0.29, 0.717) is 5.82 Å². The highest BCUT2D eigenvalue weighted by Crippen LogP contribution is 2.22. The molecule has 2 aliphatic rings. The normalized spacial score (nSPS) is 17.8. The number of aryl methyl sites for hydroxylation is 2. The molecule has 26 heavy (non-hydrogen) atoms. The van der Waals surface area contributed by atoms with Crippen LogP contribution in [0.3, 0.4) is 0 Å². The molecule has 2 aromatic rings. The average Bonchev–Trinajstić information content (AvgIpc) is 3.19. The molecule has 8 heteroatoms. The molecule has 2 saturated heterocycles. The summed E-state index contributed by atoms with van der Waals surface area (Å²) in [4.78, 5) is 32.6. The maximum absolute atomic E-state index is 12.3. The van der Waals surface area contributed by atoms with Crippen LogP contribution in [0, 0.1) is 6.92 Å². The van der Waals surface area contributed by atoms with Gasteiger partial charge < -0.3 is 19.3 Å². The minimum Gasteiger partial charge on any atom is -0.356 e. The van der Waals surface area contributed by atoms with Crippen LogP contribution in [0.15, 0.2) is 23.3 Å². The number of anilines is 3. The zero-order valence-corrected chi connectivity index (χ0v) is 15.4. The van der Waals surface area contributed by atoms with Crippen LogP contribution in [0.2, 0.25) is 0 Å². The molecule has 4 heterocycles. The Balaban J connectivity index is 1.49. The van der Waals surface area contributed by atoms with Gasteiger partial charge in [-0.1, -0.05) is 0 Å². The molecule has 0 N–H and O–H groups in total. The van der Waals surface area contributed by atoms with Crippen LogP contribution in [0.4, 0.5) is 17.6 Å². The Bertz CT molecular complexity index is 836. The Labute approximate surface area is 153 Å². The quantitative estimate of drug-likeness (QED) is 0.807. The fraction of sp³-hybridized carbons (Fsp3) is 0.556. The minimum absolute atomic E-state index is 0.0518. The van der Waals surface area contributed by atoms with Gasteiger partial charge in [-0.05, 0) is 19.8 Å². The van der Waals surface area contributed by atoms with E-state index < -0.39 is 0 Å². The number of piperazine rings is 1. The van der Waals surface area contributed by atoms with E-state index in [0.717, 1.165) is 56.7 Å². The topological polar surface area (TPSA) is 70.4 Å². The Morgan fingerprint density at radius 3 is 2.35 bits per heavy atom. The molecule has 8 nitrogen and oxygen atoms in total. The van der Waals surface area contributed by atoms with Crippen molar-refractivity contribution in [3.05, 3.63) is 34.5 Å². The second kappa shape index (κ2) is 6.93. The molecule has 0 bridgehead atoms. The van der Waals surface area contributed by atoms with Crippen molar-refractivity contribution in [3.8, 4) is 0 Å². The van der Waals surface area contributed by atoms with Gasteiger partial charge in [0.05, 0.1) is 0 Å². The van der Waals surface area contributed by atoms with Gasteiger partial charge in [-0.15, -0.1) is 0 Å². The van der Waals surface area contributed by atoms with E-state index in [-0.39, 0.29) is 5.56 Å². The predicted octanol–water partition coefficient (Wildman–Crippen LogP) is 0.806. The first kappa shape index (κ1) is 16.8. The maximum atomic E-state index is 12.3. The fourth-order valence-corrected chi connectivity index (χ4v) is 3.61. The molecule has 2 fully saturated rings. The van der Waals surface area contributed by atoms with E-state index >= 15 is 0 Å². The lowest BCUT2D eigenvalue weighted by atomic mass is 10.3. The zero-order valence-electron chi connectivity index (χ0n) is 15.4. The molecule has 138 valence electrons. The van der Waals surface area contributed by atoms with Crippen molar-refractivity contribution in [2.75, 3.05) is 54.0 Å². The Kier molecular flexibility index (Phi) is 4.48. The molecule has 0 amide bonds. The lowest BCUT2D eigenvalue weighted by Gasteiger charge is -2.35. The average molecular weight is 355 g/mol. The first-order chi connectivity index (χ1) is 12.6. The molecular formula is C18H25N7O. The number of aromatic nitrogens is 4. The van der Waals surface area contributed by atoms with Gasteiger partial charge in [-0.3, -0.25) is 4.79 Å². The summed E-state index contributed by atoms with van der Waals surface area (Å²) in [5, 5.41) is 0. The molecular weight excluding hydrogens is 330 g/mol. The van der Waals surface area contributed by atoms with Crippen LogP contribution in [0.5, 0.6) is 0 Å². The highest BCUT2D eigenvalue weighted by Gasteiger charge is 2.23. The van der Waals surface area contributed by atoms with Crippen LogP contribution in [0.25, 0.3) is 0 Å². The molecule has 4 rings (SSSR count). The van der Waals surface area contributed by atoms with Crippen LogP contribution >= 0.6 is 0 Å². The molecule has 0 unspecified atom stereocenters. The summed E-state index contributed by atoms with van der Waals surface area (Å²) in [5.74, 6) is 2.35. The van der Waals surface area contributed by atoms with Crippen molar-refractivity contribution in [2.24, 2.45) is 7.05 Å². The van der Waals surface area contributed by atoms with Crippen molar-refractivity contribution in [3.63, 3.8) is 0 Å². The van der Waals surface area contributed by atoms with Crippen molar-refractivity contribution in [2.45, 2.75) is 19.8 Å². The van der Waals surface area contributed by atoms with Gasteiger partial charge >= 0.3 is 0 Å². The SMILES string of the molecule is Cc1cc(N2CCCC2)nc(N2CCN(c3nccn(C)c3=O)CC2)n1. The maximum Gasteiger partial charge on any atom is 0.293 e. The molecule has 2 aromatic heterocycles. The Morgan fingerprint density at radius 1 is 0.923 bits per heavy atom. The molecule has 0 radical (unpaired) electrons. The zero-order chi connectivity index (χ0) is 18.1. The third-order valence-corrected chi connectivity index (χ3v) is 5.12. The van der Waals surface area contributed by atoms with Gasteiger partial charge in [-0.25, -0.2) is 9.97 Å². The molecule has 2 aliphatic heterocycles.